The Labute approximate surface area is 117 Å². The molecule has 4 aliphatic carbocycles. The molecule has 0 heterocycles. The van der Waals surface area contributed by atoms with E-state index in [-0.39, 0.29) is 6.10 Å². The van der Waals surface area contributed by atoms with E-state index >= 15 is 0 Å². The molecule has 4 unspecified atom stereocenters. The largest absolute Gasteiger partial charge is 0.393 e. The van der Waals surface area contributed by atoms with Crippen molar-refractivity contribution in [1.82, 2.24) is 0 Å². The monoisotopic (exact) mass is 260 g/mol. The summed E-state index contributed by atoms with van der Waals surface area (Å²) in [6.07, 6.45) is 13.3. The van der Waals surface area contributed by atoms with Crippen LogP contribution in [0.5, 0.6) is 0 Å². The van der Waals surface area contributed by atoms with Gasteiger partial charge >= 0.3 is 0 Å². The molecule has 0 saturated heterocycles. The molecular formula is C18H28O. The Morgan fingerprint density at radius 2 is 1.95 bits per heavy atom. The summed E-state index contributed by atoms with van der Waals surface area (Å²) in [6, 6.07) is 0. The fraction of sp³-hybridized carbons (Fsp3) is 0.889. The third-order valence-corrected chi connectivity index (χ3v) is 7.13. The van der Waals surface area contributed by atoms with Crippen molar-refractivity contribution in [1.29, 1.82) is 0 Å². The molecule has 1 heteroatoms. The minimum atomic E-state index is -0.0318. The van der Waals surface area contributed by atoms with Crippen molar-refractivity contribution < 1.29 is 5.11 Å². The Kier molecular flexibility index (Phi) is 2.85. The first-order chi connectivity index (χ1) is 9.17. The number of aliphatic hydroxyl groups excluding tert-OH is 1. The quantitative estimate of drug-likeness (QED) is 0.638. The van der Waals surface area contributed by atoms with Crippen LogP contribution < -0.4 is 0 Å². The highest BCUT2D eigenvalue weighted by Crippen LogP contribution is 2.61. The van der Waals surface area contributed by atoms with Gasteiger partial charge in [0.15, 0.2) is 0 Å². The first kappa shape index (κ1) is 12.4. The summed E-state index contributed by atoms with van der Waals surface area (Å²) in [7, 11) is 0. The Balaban J connectivity index is 1.64. The number of hydrogen-bond acceptors (Lipinski definition) is 1. The number of hydrogen-bond donors (Lipinski definition) is 1. The summed E-state index contributed by atoms with van der Waals surface area (Å²) in [5, 5.41) is 9.90. The molecule has 1 nitrogen and oxygen atoms in total. The number of rotatable bonds is 0. The molecule has 0 aromatic heterocycles. The minimum Gasteiger partial charge on any atom is -0.393 e. The fourth-order valence-corrected chi connectivity index (χ4v) is 6.18. The predicted molar refractivity (Wildman–Crippen MR) is 77.8 cm³/mol. The summed E-state index contributed by atoms with van der Waals surface area (Å²) < 4.78 is 0. The summed E-state index contributed by atoms with van der Waals surface area (Å²) in [5.41, 5.74) is 4.17. The molecule has 0 bridgehead atoms. The lowest BCUT2D eigenvalue weighted by molar-refractivity contribution is 0.0369. The molecule has 2 fully saturated rings. The zero-order chi connectivity index (χ0) is 13.0. The maximum absolute atomic E-state index is 9.90. The van der Waals surface area contributed by atoms with Crippen molar-refractivity contribution >= 4 is 0 Å². The molecule has 19 heavy (non-hydrogen) atoms. The van der Waals surface area contributed by atoms with Crippen LogP contribution in [0.2, 0.25) is 0 Å². The summed E-state index contributed by atoms with van der Waals surface area (Å²) in [4.78, 5) is 0. The Bertz CT molecular complexity index is 410. The van der Waals surface area contributed by atoms with Gasteiger partial charge < -0.3 is 5.11 Å². The summed E-state index contributed by atoms with van der Waals surface area (Å²) >= 11 is 0. The molecule has 2 saturated carbocycles. The van der Waals surface area contributed by atoms with Crippen LogP contribution in [0.1, 0.15) is 71.1 Å². The van der Waals surface area contributed by atoms with E-state index in [1.807, 2.05) is 5.57 Å². The lowest BCUT2D eigenvalue weighted by atomic mass is 9.54. The van der Waals surface area contributed by atoms with Gasteiger partial charge in [0.25, 0.3) is 0 Å². The van der Waals surface area contributed by atoms with Crippen LogP contribution in [0.25, 0.3) is 0 Å². The molecule has 0 aromatic rings. The van der Waals surface area contributed by atoms with Gasteiger partial charge in [0.2, 0.25) is 0 Å². The van der Waals surface area contributed by atoms with E-state index in [1.54, 1.807) is 5.57 Å². The highest BCUT2D eigenvalue weighted by Gasteiger charge is 2.50. The maximum atomic E-state index is 9.90. The van der Waals surface area contributed by atoms with E-state index in [1.165, 1.54) is 51.4 Å². The van der Waals surface area contributed by atoms with Gasteiger partial charge in [-0.1, -0.05) is 24.5 Å². The zero-order valence-electron chi connectivity index (χ0n) is 12.3. The molecule has 0 radical (unpaired) electrons. The molecule has 0 spiro atoms. The lowest BCUT2D eigenvalue weighted by Gasteiger charge is -2.51. The van der Waals surface area contributed by atoms with Crippen LogP contribution in [-0.4, -0.2) is 11.2 Å². The van der Waals surface area contributed by atoms with Crippen LogP contribution in [0.15, 0.2) is 11.1 Å². The second-order valence-corrected chi connectivity index (χ2v) is 8.03. The van der Waals surface area contributed by atoms with Crippen LogP contribution >= 0.6 is 0 Å². The first-order valence-electron chi connectivity index (χ1n) is 8.56. The summed E-state index contributed by atoms with van der Waals surface area (Å²) in [6.45, 7) is 2.58. The second kappa shape index (κ2) is 4.35. The third kappa shape index (κ3) is 1.84. The molecule has 0 aliphatic heterocycles. The summed E-state index contributed by atoms with van der Waals surface area (Å²) in [5.74, 6) is 2.93. The number of aliphatic hydroxyl groups is 1. The minimum absolute atomic E-state index is 0.0318. The lowest BCUT2D eigenvalue weighted by Crippen LogP contribution is -2.41. The van der Waals surface area contributed by atoms with Gasteiger partial charge in [-0.3, -0.25) is 0 Å². The number of allylic oxidation sites excluding steroid dienone is 1. The normalized spacial score (nSPS) is 49.6. The Hall–Kier alpha value is -0.300. The molecule has 106 valence electrons. The third-order valence-electron chi connectivity index (χ3n) is 7.13. The van der Waals surface area contributed by atoms with Crippen molar-refractivity contribution in [3.63, 3.8) is 0 Å². The topological polar surface area (TPSA) is 20.2 Å². The van der Waals surface area contributed by atoms with Gasteiger partial charge in [-0.05, 0) is 81.0 Å². The smallest absolute Gasteiger partial charge is 0.0580 e. The van der Waals surface area contributed by atoms with Crippen LogP contribution in [0.4, 0.5) is 0 Å². The van der Waals surface area contributed by atoms with E-state index in [0.29, 0.717) is 5.41 Å². The second-order valence-electron chi connectivity index (χ2n) is 8.03. The van der Waals surface area contributed by atoms with E-state index in [9.17, 15) is 5.11 Å². The van der Waals surface area contributed by atoms with E-state index in [2.05, 4.69) is 6.92 Å². The van der Waals surface area contributed by atoms with Crippen molar-refractivity contribution in [3.8, 4) is 0 Å². The highest BCUT2D eigenvalue weighted by molar-refractivity contribution is 5.26. The first-order valence-corrected chi connectivity index (χ1v) is 8.56. The van der Waals surface area contributed by atoms with Gasteiger partial charge in [0, 0.05) is 0 Å². The Morgan fingerprint density at radius 3 is 2.84 bits per heavy atom. The predicted octanol–water partition coefficient (Wildman–Crippen LogP) is 4.45. The number of fused-ring (bicyclic) bond motifs is 4. The van der Waals surface area contributed by atoms with E-state index < -0.39 is 0 Å². The fourth-order valence-electron chi connectivity index (χ4n) is 6.18. The standard InChI is InChI=1S/C18H28O/c1-18-9-2-3-17(18)16-6-4-12-11-13(19)5-7-14(12)15(16)8-10-18/h13,15-17,19H,2-11H2,1H3/t13-,15?,16?,17?,18?/m0/s1. The average molecular weight is 260 g/mol. The molecule has 0 amide bonds. The molecule has 4 rings (SSSR count). The van der Waals surface area contributed by atoms with Crippen LogP contribution in [0, 0.1) is 23.2 Å². The molecule has 0 aromatic carbocycles. The molecule has 1 N–H and O–H groups in total. The van der Waals surface area contributed by atoms with Crippen molar-refractivity contribution in [2.75, 3.05) is 0 Å². The van der Waals surface area contributed by atoms with E-state index in [4.69, 9.17) is 0 Å². The van der Waals surface area contributed by atoms with Crippen LogP contribution in [0.3, 0.4) is 0 Å². The van der Waals surface area contributed by atoms with Gasteiger partial charge in [0.1, 0.15) is 0 Å². The van der Waals surface area contributed by atoms with Gasteiger partial charge in [-0.2, -0.15) is 0 Å². The van der Waals surface area contributed by atoms with Gasteiger partial charge in [-0.25, -0.2) is 0 Å². The van der Waals surface area contributed by atoms with Crippen molar-refractivity contribution in [2.45, 2.75) is 77.2 Å². The van der Waals surface area contributed by atoms with Crippen molar-refractivity contribution in [2.24, 2.45) is 23.2 Å². The maximum Gasteiger partial charge on any atom is 0.0580 e. The zero-order valence-corrected chi connectivity index (χ0v) is 12.3. The SMILES string of the molecule is CC12CCCC1C1CCC3=C(CC[C@H](O)C3)C1CC2. The van der Waals surface area contributed by atoms with Crippen LogP contribution in [-0.2, 0) is 0 Å². The Morgan fingerprint density at radius 1 is 1.05 bits per heavy atom. The van der Waals surface area contributed by atoms with Crippen molar-refractivity contribution in [3.05, 3.63) is 11.1 Å². The molecular weight excluding hydrogens is 232 g/mol. The molecule has 5 atom stereocenters. The van der Waals surface area contributed by atoms with E-state index in [0.717, 1.165) is 30.6 Å². The van der Waals surface area contributed by atoms with Gasteiger partial charge in [0.05, 0.1) is 6.10 Å². The highest BCUT2D eigenvalue weighted by atomic mass is 16.3. The average Bonchev–Trinajstić information content (AvgIpc) is 2.79. The molecule has 4 aliphatic rings. The van der Waals surface area contributed by atoms with Gasteiger partial charge in [-0.15, -0.1) is 0 Å².